The number of hydrogen-bond donors (Lipinski definition) is 2. The molecule has 3 aromatic carbocycles. The molecule has 2 heterocycles. The van der Waals surface area contributed by atoms with Gasteiger partial charge in [0, 0.05) is 34.9 Å². The third-order valence-corrected chi connectivity index (χ3v) is 7.18. The van der Waals surface area contributed by atoms with E-state index in [1.165, 1.54) is 22.5 Å². The van der Waals surface area contributed by atoms with Crippen LogP contribution in [0.5, 0.6) is 0 Å². The fourth-order valence-corrected chi connectivity index (χ4v) is 5.24. The molecule has 0 spiro atoms. The Kier molecular flexibility index (Phi) is 7.33. The Bertz CT molecular complexity index is 1550. The fraction of sp³-hybridized carbons (Fsp3) is 0.133. The second-order valence-corrected chi connectivity index (χ2v) is 9.93. The van der Waals surface area contributed by atoms with Crippen LogP contribution in [0.25, 0.3) is 10.8 Å². The van der Waals surface area contributed by atoms with E-state index in [4.69, 9.17) is 5.73 Å². The van der Waals surface area contributed by atoms with Crippen LogP contribution in [0.15, 0.2) is 91.3 Å². The lowest BCUT2D eigenvalue weighted by molar-refractivity contribution is 0.0991. The monoisotopic (exact) mass is 506 g/mol. The summed E-state index contributed by atoms with van der Waals surface area (Å²) in [6.45, 7) is 0. The van der Waals surface area contributed by atoms with Crippen LogP contribution >= 0.6 is 11.3 Å². The maximum atomic E-state index is 13.0. The van der Waals surface area contributed by atoms with Crippen molar-refractivity contribution in [1.82, 2.24) is 9.97 Å². The molecule has 1 amide bonds. The number of aromatic nitrogens is 2. The second kappa shape index (κ2) is 11.1. The standard InChI is InChI=1S/C30H26N4O2S/c31-29(36)28-27(37-30(34-28)33-25-13-12-22-6-1-2-7-24(22)18-25)19-26(35)23-10-8-20(9-11-23)4-3-5-21-14-16-32-17-15-21/h1-2,6-18H,3-5,19H2,(H2,31,36)(H,33,34). The van der Waals surface area contributed by atoms with E-state index in [-0.39, 0.29) is 17.9 Å². The Hall–Kier alpha value is -4.36. The Morgan fingerprint density at radius 3 is 2.27 bits per heavy atom. The maximum Gasteiger partial charge on any atom is 0.268 e. The summed E-state index contributed by atoms with van der Waals surface area (Å²) in [6.07, 6.45) is 6.63. The summed E-state index contributed by atoms with van der Waals surface area (Å²) in [5.74, 6) is -0.720. The predicted molar refractivity (Wildman–Crippen MR) is 149 cm³/mol. The second-order valence-electron chi connectivity index (χ2n) is 8.85. The van der Waals surface area contributed by atoms with Gasteiger partial charge in [0.25, 0.3) is 5.91 Å². The number of fused-ring (bicyclic) bond motifs is 1. The van der Waals surface area contributed by atoms with Crippen LogP contribution in [0, 0.1) is 0 Å². The summed E-state index contributed by atoms with van der Waals surface area (Å²) in [5.41, 5.74) is 9.62. The first-order chi connectivity index (χ1) is 18.0. The van der Waals surface area contributed by atoms with Crippen molar-refractivity contribution in [2.75, 3.05) is 5.32 Å². The highest BCUT2D eigenvalue weighted by molar-refractivity contribution is 7.16. The van der Waals surface area contributed by atoms with Crippen molar-refractivity contribution in [3.63, 3.8) is 0 Å². The molecule has 0 bridgehead atoms. The largest absolute Gasteiger partial charge is 0.364 e. The average Bonchev–Trinajstić information content (AvgIpc) is 3.32. The van der Waals surface area contributed by atoms with Crippen LogP contribution in [0.1, 0.15) is 43.3 Å². The minimum atomic E-state index is -0.643. The Balaban J connectivity index is 1.24. The van der Waals surface area contributed by atoms with E-state index >= 15 is 0 Å². The minimum absolute atomic E-state index is 0.0662. The maximum absolute atomic E-state index is 13.0. The van der Waals surface area contributed by atoms with Gasteiger partial charge in [0.05, 0.1) is 0 Å². The van der Waals surface area contributed by atoms with Crippen molar-refractivity contribution in [3.05, 3.63) is 119 Å². The molecule has 0 aliphatic carbocycles. The molecule has 0 radical (unpaired) electrons. The first-order valence-corrected chi connectivity index (χ1v) is 12.9. The molecule has 0 aliphatic heterocycles. The zero-order valence-corrected chi connectivity index (χ0v) is 21.0. The summed E-state index contributed by atoms with van der Waals surface area (Å²) in [4.78, 5) is 34.1. The summed E-state index contributed by atoms with van der Waals surface area (Å²) in [6, 6.07) is 25.8. The van der Waals surface area contributed by atoms with E-state index in [1.807, 2.05) is 91.3 Å². The number of Topliss-reactive ketones (excluding diaryl/α,β-unsaturated/α-hetero) is 1. The van der Waals surface area contributed by atoms with Gasteiger partial charge in [-0.2, -0.15) is 0 Å². The molecule has 2 aromatic heterocycles. The normalized spacial score (nSPS) is 10.9. The molecule has 37 heavy (non-hydrogen) atoms. The first kappa shape index (κ1) is 24.3. The predicted octanol–water partition coefficient (Wildman–Crippen LogP) is 6.13. The minimum Gasteiger partial charge on any atom is -0.364 e. The molecular weight excluding hydrogens is 480 g/mol. The number of benzene rings is 3. The highest BCUT2D eigenvalue weighted by Crippen LogP contribution is 2.29. The van der Waals surface area contributed by atoms with Crippen molar-refractivity contribution in [2.45, 2.75) is 25.7 Å². The van der Waals surface area contributed by atoms with Crippen LogP contribution in [0.4, 0.5) is 10.8 Å². The summed E-state index contributed by atoms with van der Waals surface area (Å²) >= 11 is 1.27. The molecule has 0 unspecified atom stereocenters. The van der Waals surface area contributed by atoms with Crippen molar-refractivity contribution < 1.29 is 9.59 Å². The highest BCUT2D eigenvalue weighted by atomic mass is 32.1. The van der Waals surface area contributed by atoms with Gasteiger partial charge in [0.15, 0.2) is 10.9 Å². The van der Waals surface area contributed by atoms with Crippen LogP contribution < -0.4 is 11.1 Å². The number of hydrogen-bond acceptors (Lipinski definition) is 6. The molecule has 5 aromatic rings. The highest BCUT2D eigenvalue weighted by Gasteiger charge is 2.19. The van der Waals surface area contributed by atoms with E-state index in [0.29, 0.717) is 15.6 Å². The van der Waals surface area contributed by atoms with E-state index in [9.17, 15) is 9.59 Å². The Morgan fingerprint density at radius 1 is 0.838 bits per heavy atom. The molecule has 7 heteroatoms. The number of amides is 1. The SMILES string of the molecule is NC(=O)c1nc(Nc2ccc3ccccc3c2)sc1CC(=O)c1ccc(CCCc2ccncc2)cc1. The van der Waals surface area contributed by atoms with E-state index < -0.39 is 5.91 Å². The Labute approximate surface area is 219 Å². The van der Waals surface area contributed by atoms with Gasteiger partial charge in [-0.15, -0.1) is 11.3 Å². The van der Waals surface area contributed by atoms with Gasteiger partial charge in [0.2, 0.25) is 0 Å². The van der Waals surface area contributed by atoms with Gasteiger partial charge in [-0.25, -0.2) is 4.98 Å². The average molecular weight is 507 g/mol. The number of nitrogens with one attached hydrogen (secondary N) is 1. The van der Waals surface area contributed by atoms with Crippen LogP contribution in [0.3, 0.4) is 0 Å². The van der Waals surface area contributed by atoms with E-state index in [0.717, 1.165) is 35.7 Å². The van der Waals surface area contributed by atoms with Gasteiger partial charge in [0.1, 0.15) is 5.69 Å². The third-order valence-electron chi connectivity index (χ3n) is 6.21. The number of rotatable bonds is 10. The number of aryl methyl sites for hydroxylation is 2. The van der Waals surface area contributed by atoms with Crippen molar-refractivity contribution in [3.8, 4) is 0 Å². The molecule has 3 N–H and O–H groups in total. The van der Waals surface area contributed by atoms with Crippen LogP contribution in [-0.2, 0) is 19.3 Å². The number of anilines is 2. The summed E-state index contributed by atoms with van der Waals surface area (Å²) < 4.78 is 0. The zero-order valence-electron chi connectivity index (χ0n) is 20.2. The molecule has 5 rings (SSSR count). The third kappa shape index (κ3) is 6.08. The number of thiazole rings is 1. The number of pyridine rings is 1. The zero-order chi connectivity index (χ0) is 25.6. The summed E-state index contributed by atoms with van der Waals surface area (Å²) in [7, 11) is 0. The summed E-state index contributed by atoms with van der Waals surface area (Å²) in [5, 5.41) is 6.00. The number of carbonyl (C=O) groups is 2. The molecular formula is C30H26N4O2S. The number of carbonyl (C=O) groups excluding carboxylic acids is 2. The molecule has 184 valence electrons. The smallest absolute Gasteiger partial charge is 0.268 e. The fourth-order valence-electron chi connectivity index (χ4n) is 4.26. The molecule has 0 fully saturated rings. The van der Waals surface area contributed by atoms with Crippen LogP contribution in [-0.4, -0.2) is 21.7 Å². The van der Waals surface area contributed by atoms with Crippen molar-refractivity contribution >= 4 is 44.6 Å². The van der Waals surface area contributed by atoms with Crippen molar-refractivity contribution in [1.29, 1.82) is 0 Å². The van der Waals surface area contributed by atoms with E-state index in [1.54, 1.807) is 0 Å². The molecule has 0 aliphatic rings. The lowest BCUT2D eigenvalue weighted by Gasteiger charge is -2.05. The number of nitrogens with two attached hydrogens (primary N) is 1. The Morgan fingerprint density at radius 2 is 1.54 bits per heavy atom. The quantitative estimate of drug-likeness (QED) is 0.222. The van der Waals surface area contributed by atoms with Gasteiger partial charge in [-0.3, -0.25) is 14.6 Å². The van der Waals surface area contributed by atoms with Gasteiger partial charge in [-0.1, -0.05) is 54.6 Å². The lowest BCUT2D eigenvalue weighted by Crippen LogP contribution is -2.15. The number of ketones is 1. The lowest BCUT2D eigenvalue weighted by atomic mass is 10.0. The topological polar surface area (TPSA) is 98.0 Å². The van der Waals surface area contributed by atoms with Crippen LogP contribution in [0.2, 0.25) is 0 Å². The first-order valence-electron chi connectivity index (χ1n) is 12.1. The number of primary amides is 1. The van der Waals surface area contributed by atoms with Gasteiger partial charge in [-0.05, 0) is 65.4 Å². The van der Waals surface area contributed by atoms with E-state index in [2.05, 4.69) is 15.3 Å². The molecule has 0 saturated heterocycles. The molecule has 0 atom stereocenters. The van der Waals surface area contributed by atoms with Crippen molar-refractivity contribution in [2.24, 2.45) is 5.73 Å². The molecule has 0 saturated carbocycles. The van der Waals surface area contributed by atoms with Gasteiger partial charge >= 0.3 is 0 Å². The number of nitrogens with zero attached hydrogens (tertiary/aromatic N) is 2. The van der Waals surface area contributed by atoms with Gasteiger partial charge < -0.3 is 11.1 Å². The molecule has 6 nitrogen and oxygen atoms in total.